The van der Waals surface area contributed by atoms with Crippen LogP contribution in [0.25, 0.3) is 0 Å². The van der Waals surface area contributed by atoms with Crippen LogP contribution in [0.2, 0.25) is 0 Å². The Bertz CT molecular complexity index is 454. The summed E-state index contributed by atoms with van der Waals surface area (Å²) in [5, 5.41) is 0. The van der Waals surface area contributed by atoms with Crippen LogP contribution in [0.4, 0.5) is 26.3 Å². The van der Waals surface area contributed by atoms with Crippen LogP contribution in [0.3, 0.4) is 0 Å². The minimum absolute atomic E-state index is 0.199. The van der Waals surface area contributed by atoms with Crippen LogP contribution in [0.1, 0.15) is 15.9 Å². The van der Waals surface area contributed by atoms with Gasteiger partial charge in [-0.2, -0.15) is 8.78 Å². The third-order valence-electron chi connectivity index (χ3n) is 2.07. The molecule has 0 heterocycles. The van der Waals surface area contributed by atoms with Crippen LogP contribution < -0.4 is 0 Å². The number of aryl methyl sites for hydroxylation is 1. The average molecular weight is 256 g/mol. The molecule has 1 rings (SSSR count). The summed E-state index contributed by atoms with van der Waals surface area (Å²) in [6, 6.07) is 0.674. The number of hydrogen-bond acceptors (Lipinski definition) is 1. The molecule has 0 amide bonds. The zero-order valence-electron chi connectivity index (χ0n) is 8.41. The van der Waals surface area contributed by atoms with Crippen LogP contribution in [0.15, 0.2) is 12.1 Å². The summed E-state index contributed by atoms with van der Waals surface area (Å²) >= 11 is 0. The van der Waals surface area contributed by atoms with Crippen molar-refractivity contribution >= 4 is 5.78 Å². The fraction of sp³-hybridized carbons (Fsp3) is 0.300. The van der Waals surface area contributed by atoms with Gasteiger partial charge in [-0.1, -0.05) is 0 Å². The highest BCUT2D eigenvalue weighted by Gasteiger charge is 2.49. The predicted molar refractivity (Wildman–Crippen MR) is 46.4 cm³/mol. The lowest BCUT2D eigenvalue weighted by Gasteiger charge is -2.14. The monoisotopic (exact) mass is 256 g/mol. The van der Waals surface area contributed by atoms with Gasteiger partial charge in [-0.05, 0) is 18.6 Å². The molecular formula is C10H6F6O. The first-order valence-electron chi connectivity index (χ1n) is 4.34. The van der Waals surface area contributed by atoms with E-state index in [1.54, 1.807) is 0 Å². The standard InChI is InChI=1S/C10H6F6O/c1-4-2-5(7(12)3-6(4)11)8(17)10(15,16)9(13)14/h2-3,9H,1H3. The third kappa shape index (κ3) is 2.42. The molecule has 1 nitrogen and oxygen atoms in total. The molecule has 0 unspecified atom stereocenters. The Morgan fingerprint density at radius 2 is 1.71 bits per heavy atom. The van der Waals surface area contributed by atoms with Gasteiger partial charge in [0.25, 0.3) is 0 Å². The Labute approximate surface area is 92.0 Å². The number of Topliss-reactive ketones (excluding diaryl/α,β-unsaturated/α-hetero) is 1. The molecule has 1 aromatic carbocycles. The molecule has 0 spiro atoms. The maximum absolute atomic E-state index is 13.0. The van der Waals surface area contributed by atoms with Crippen LogP contribution in [0, 0.1) is 18.6 Å². The van der Waals surface area contributed by atoms with Crippen molar-refractivity contribution in [2.24, 2.45) is 0 Å². The lowest BCUT2D eigenvalue weighted by molar-refractivity contribution is -0.0959. The van der Waals surface area contributed by atoms with Crippen molar-refractivity contribution in [3.63, 3.8) is 0 Å². The van der Waals surface area contributed by atoms with Crippen LogP contribution in [-0.4, -0.2) is 18.1 Å². The number of halogens is 6. The van der Waals surface area contributed by atoms with E-state index in [4.69, 9.17) is 0 Å². The number of carbonyl (C=O) groups excluding carboxylic acids is 1. The molecule has 0 radical (unpaired) electrons. The minimum Gasteiger partial charge on any atom is -0.287 e. The molecule has 0 fully saturated rings. The number of hydrogen-bond donors (Lipinski definition) is 0. The van der Waals surface area contributed by atoms with Crippen LogP contribution in [-0.2, 0) is 0 Å². The second-order valence-electron chi connectivity index (χ2n) is 3.33. The van der Waals surface area contributed by atoms with Crippen LogP contribution in [0.5, 0.6) is 0 Å². The van der Waals surface area contributed by atoms with Crippen molar-refractivity contribution in [3.8, 4) is 0 Å². The maximum atomic E-state index is 13.0. The van der Waals surface area contributed by atoms with Gasteiger partial charge >= 0.3 is 12.3 Å². The summed E-state index contributed by atoms with van der Waals surface area (Å²) in [5.41, 5.74) is -1.55. The molecule has 0 aliphatic carbocycles. The van der Waals surface area contributed by atoms with Crippen molar-refractivity contribution in [3.05, 3.63) is 34.9 Å². The smallest absolute Gasteiger partial charge is 0.287 e. The van der Waals surface area contributed by atoms with E-state index in [0.717, 1.165) is 6.92 Å². The Morgan fingerprint density at radius 3 is 2.18 bits per heavy atom. The van der Waals surface area contributed by atoms with Gasteiger partial charge in [0, 0.05) is 6.07 Å². The van der Waals surface area contributed by atoms with E-state index in [2.05, 4.69) is 0 Å². The first kappa shape index (κ1) is 13.5. The molecule has 0 saturated heterocycles. The van der Waals surface area contributed by atoms with Crippen molar-refractivity contribution in [1.29, 1.82) is 0 Å². The molecule has 0 N–H and O–H groups in total. The predicted octanol–water partition coefficient (Wildman–Crippen LogP) is 3.36. The van der Waals surface area contributed by atoms with Gasteiger partial charge in [-0.3, -0.25) is 4.79 Å². The maximum Gasteiger partial charge on any atom is 0.368 e. The Kier molecular flexibility index (Phi) is 3.49. The second kappa shape index (κ2) is 4.38. The minimum atomic E-state index is -4.99. The highest BCUT2D eigenvalue weighted by Crippen LogP contribution is 2.29. The molecule has 0 aliphatic rings. The first-order valence-corrected chi connectivity index (χ1v) is 4.34. The van der Waals surface area contributed by atoms with Gasteiger partial charge in [0.15, 0.2) is 0 Å². The summed E-state index contributed by atoms with van der Waals surface area (Å²) < 4.78 is 75.0. The van der Waals surface area contributed by atoms with Gasteiger partial charge in [-0.25, -0.2) is 17.6 Å². The molecule has 7 heteroatoms. The fourth-order valence-corrected chi connectivity index (χ4v) is 1.11. The largest absolute Gasteiger partial charge is 0.368 e. The summed E-state index contributed by atoms with van der Waals surface area (Å²) in [7, 11) is 0. The van der Waals surface area contributed by atoms with Crippen molar-refractivity contribution < 1.29 is 31.1 Å². The van der Waals surface area contributed by atoms with Crippen LogP contribution >= 0.6 is 0 Å². The number of carbonyl (C=O) groups is 1. The summed E-state index contributed by atoms with van der Waals surface area (Å²) in [5.74, 6) is -10.0. The molecule has 0 aromatic heterocycles. The van der Waals surface area contributed by atoms with E-state index >= 15 is 0 Å². The number of benzene rings is 1. The summed E-state index contributed by atoms with van der Waals surface area (Å²) in [6.45, 7) is 1.09. The van der Waals surface area contributed by atoms with Gasteiger partial charge in [-0.15, -0.1) is 0 Å². The zero-order chi connectivity index (χ0) is 13.4. The molecule has 94 valence electrons. The quantitative estimate of drug-likeness (QED) is 0.598. The second-order valence-corrected chi connectivity index (χ2v) is 3.33. The fourth-order valence-electron chi connectivity index (χ4n) is 1.11. The Morgan fingerprint density at radius 1 is 1.18 bits per heavy atom. The molecular weight excluding hydrogens is 250 g/mol. The first-order chi connectivity index (χ1) is 7.67. The van der Waals surface area contributed by atoms with Crippen molar-refractivity contribution in [1.82, 2.24) is 0 Å². The number of alkyl halides is 4. The van der Waals surface area contributed by atoms with Crippen molar-refractivity contribution in [2.45, 2.75) is 19.3 Å². The number of ketones is 1. The van der Waals surface area contributed by atoms with E-state index in [0.29, 0.717) is 6.07 Å². The Hall–Kier alpha value is -1.53. The average Bonchev–Trinajstić information content (AvgIpc) is 2.22. The van der Waals surface area contributed by atoms with E-state index < -0.39 is 35.3 Å². The molecule has 0 atom stereocenters. The van der Waals surface area contributed by atoms with E-state index in [-0.39, 0.29) is 11.6 Å². The van der Waals surface area contributed by atoms with Gasteiger partial charge in [0.1, 0.15) is 11.6 Å². The normalized spacial score (nSPS) is 12.0. The molecule has 0 bridgehead atoms. The topological polar surface area (TPSA) is 17.1 Å². The van der Waals surface area contributed by atoms with Gasteiger partial charge in [0.2, 0.25) is 5.78 Å². The summed E-state index contributed by atoms with van der Waals surface area (Å²) in [4.78, 5) is 11.0. The molecule has 0 saturated carbocycles. The lowest BCUT2D eigenvalue weighted by atomic mass is 10.0. The molecule has 0 aliphatic heterocycles. The lowest BCUT2D eigenvalue weighted by Crippen LogP contribution is -2.37. The van der Waals surface area contributed by atoms with Crippen molar-refractivity contribution in [2.75, 3.05) is 0 Å². The van der Waals surface area contributed by atoms with E-state index in [1.165, 1.54) is 0 Å². The SMILES string of the molecule is Cc1cc(C(=O)C(F)(F)C(F)F)c(F)cc1F. The summed E-state index contributed by atoms with van der Waals surface area (Å²) in [6.07, 6.45) is -4.25. The van der Waals surface area contributed by atoms with Gasteiger partial charge < -0.3 is 0 Å². The van der Waals surface area contributed by atoms with Gasteiger partial charge in [0.05, 0.1) is 5.56 Å². The zero-order valence-corrected chi connectivity index (χ0v) is 8.41. The molecule has 17 heavy (non-hydrogen) atoms. The highest BCUT2D eigenvalue weighted by atomic mass is 19.3. The van der Waals surface area contributed by atoms with E-state index in [9.17, 15) is 31.1 Å². The highest BCUT2D eigenvalue weighted by molar-refractivity contribution is 6.02. The number of rotatable bonds is 3. The Balaban J connectivity index is 3.27. The third-order valence-corrected chi connectivity index (χ3v) is 2.07. The molecule has 1 aromatic rings. The van der Waals surface area contributed by atoms with E-state index in [1.807, 2.05) is 0 Å².